The van der Waals surface area contributed by atoms with Gasteiger partial charge in [0, 0.05) is 159 Å². The van der Waals surface area contributed by atoms with Crippen LogP contribution < -0.4 is 58.9 Å². The van der Waals surface area contributed by atoms with Crippen LogP contribution in [0.15, 0.2) is 79.1 Å². The minimum absolute atomic E-state index is 0.0567. The van der Waals surface area contributed by atoms with Crippen LogP contribution in [0.4, 0.5) is 0 Å². The molecule has 0 unspecified atom stereocenters. The van der Waals surface area contributed by atoms with E-state index in [1.54, 1.807) is 115 Å². The molecule has 5 aromatic rings. The molecule has 0 saturated carbocycles. The van der Waals surface area contributed by atoms with Crippen LogP contribution in [0.25, 0.3) is 21.8 Å². The number of nitrogens with one attached hydrogen (secondary N) is 12. The summed E-state index contributed by atoms with van der Waals surface area (Å²) in [5, 5.41) is 78.8. The summed E-state index contributed by atoms with van der Waals surface area (Å²) >= 11 is 3.58. The number of carboxylic acid groups (broad SMARTS) is 4. The molecule has 2 fully saturated rings. The summed E-state index contributed by atoms with van der Waals surface area (Å²) in [6, 6.07) is 4.79. The molecule has 0 spiro atoms. The van der Waals surface area contributed by atoms with Gasteiger partial charge in [-0.25, -0.2) is 0 Å². The molecule has 46 heteroatoms. The molecular weight excluding hydrogens is 1840 g/mol. The largest absolute Gasteiger partial charge is 0.481 e. The minimum atomic E-state index is -1.92. The van der Waals surface area contributed by atoms with Crippen LogP contribution in [-0.2, 0) is 126 Å². The lowest BCUT2D eigenvalue weighted by Crippen LogP contribution is -2.61. The third-order valence-corrected chi connectivity index (χ3v) is 27.2. The van der Waals surface area contributed by atoms with Crippen LogP contribution in [0.2, 0.25) is 0 Å². The molecule has 4 aliphatic rings. The van der Waals surface area contributed by atoms with Gasteiger partial charge in [-0.3, -0.25) is 106 Å². The quantitative estimate of drug-likeness (QED) is 0.0352. The van der Waals surface area contributed by atoms with Crippen LogP contribution in [0.5, 0.6) is 0 Å². The number of aromatic amines is 2. The van der Waals surface area contributed by atoms with Crippen molar-refractivity contribution in [2.24, 2.45) is 29.4 Å². The number of aliphatic hydroxyl groups is 1. The van der Waals surface area contributed by atoms with E-state index in [1.807, 2.05) is 18.2 Å². The van der Waals surface area contributed by atoms with Gasteiger partial charge in [0.2, 0.25) is 70.9 Å². The maximum absolute atomic E-state index is 15.5. The summed E-state index contributed by atoms with van der Waals surface area (Å²) in [4.78, 5) is 284. The Labute approximate surface area is 803 Å². The van der Waals surface area contributed by atoms with E-state index >= 15 is 19.2 Å². The fourth-order valence-electron chi connectivity index (χ4n) is 16.4. The van der Waals surface area contributed by atoms with Gasteiger partial charge in [-0.15, -0.1) is 0 Å². The fraction of sp³-hybridized carbons (Fsp3) is 0.549. The summed E-state index contributed by atoms with van der Waals surface area (Å²) in [5.41, 5.74) is 10.3. The SMILES string of the molecule is CC[C@@H]1CC(=O)[C@H]([C@@H](C)O)NC(=O)[C@@H](CC(=O)[C@H](C)NC(=O)CN2CCN(CC(=O)O)CCN(CC(=O)O)CCN(CC(=O)O)CC2)CSCc2cc3cc(c2)CSC[C@H](NC1=O)C(=O)N[C@@H](Cc1c[nH]c2ccccc12)C(=O)N[C@@H](C(C)C)C(=O)N[C@@H](CC(=O)O)C(=O)NCC(=O)N[C@@H](Cc1c[nH]c2ccccc12)C(=O)N[C@@H](C(C)C)C(=O)N1CCC[C@H]1C(=O)N[C@H](C(N)=O)CSC3.O=C=O. The number of benzene rings is 3. The number of hydrogen-bond acceptors (Lipinski definition) is 28. The number of primary amides is 1. The van der Waals surface area contributed by atoms with E-state index in [1.165, 1.54) is 54.0 Å². The summed E-state index contributed by atoms with van der Waals surface area (Å²) in [5.74, 6) is -21.3. The van der Waals surface area contributed by atoms with Gasteiger partial charge in [0.1, 0.15) is 54.4 Å². The topological polar surface area (TPSA) is 637 Å². The van der Waals surface area contributed by atoms with Crippen LogP contribution in [-0.4, -0.2) is 348 Å². The lowest BCUT2D eigenvalue weighted by molar-refractivity contribution is -0.192. The maximum atomic E-state index is 15.5. The number of aliphatic hydroxyl groups excluding tert-OH is 1. The normalized spacial score (nSPS) is 23.9. The molecule has 746 valence electrons. The number of Topliss-reactive ketones (excluding diaryl/α,β-unsaturated/α-hetero) is 2. The minimum Gasteiger partial charge on any atom is -0.481 e. The number of amides is 12. The first kappa shape index (κ1) is 110. The van der Waals surface area contributed by atoms with E-state index in [0.717, 1.165) is 0 Å². The Morgan fingerprint density at radius 1 is 0.496 bits per heavy atom. The zero-order valence-electron chi connectivity index (χ0n) is 77.4. The molecule has 4 aliphatic heterocycles. The van der Waals surface area contributed by atoms with E-state index < -0.39 is 235 Å². The summed E-state index contributed by atoms with van der Waals surface area (Å²) in [7, 11) is 0. The lowest BCUT2D eigenvalue weighted by Gasteiger charge is -2.33. The first-order chi connectivity index (χ1) is 65.1. The van der Waals surface area contributed by atoms with Crippen LogP contribution in [0.1, 0.15) is 115 Å². The van der Waals surface area contributed by atoms with Crippen molar-refractivity contribution in [1.82, 2.24) is 87.6 Å². The van der Waals surface area contributed by atoms with Gasteiger partial charge in [0.15, 0.2) is 11.6 Å². The van der Waals surface area contributed by atoms with Gasteiger partial charge < -0.3 is 99.3 Å². The Hall–Kier alpha value is -12.2. The van der Waals surface area contributed by atoms with Crippen molar-refractivity contribution in [2.75, 3.05) is 109 Å². The van der Waals surface area contributed by atoms with E-state index in [0.29, 0.717) is 56.0 Å². The highest BCUT2D eigenvalue weighted by atomic mass is 32.2. The third kappa shape index (κ3) is 34.5. The Morgan fingerprint density at radius 2 is 0.956 bits per heavy atom. The molecule has 3 aromatic carbocycles. The predicted octanol–water partition coefficient (Wildman–Crippen LogP) is -1.54. The smallest absolute Gasteiger partial charge is 0.373 e. The fourth-order valence-corrected chi connectivity index (χ4v) is 19.5. The number of aliphatic carboxylic acids is 4. The Balaban J connectivity index is 0.00000758. The predicted molar refractivity (Wildman–Crippen MR) is 503 cm³/mol. The molecule has 12 amide bonds. The third-order valence-electron chi connectivity index (χ3n) is 23.8. The van der Waals surface area contributed by atoms with Gasteiger partial charge in [-0.1, -0.05) is 89.2 Å². The second-order valence-electron chi connectivity index (χ2n) is 35.1. The summed E-state index contributed by atoms with van der Waals surface area (Å²) in [6.07, 6.45) is -0.387. The number of nitrogens with zero attached hydrogens (tertiary/aromatic N) is 5. The van der Waals surface area contributed by atoms with Gasteiger partial charge in [0.25, 0.3) is 0 Å². The molecule has 9 rings (SSSR count). The number of carbonyl (C=O) groups is 18. The molecular formula is C91H124N18O25S3. The van der Waals surface area contributed by atoms with E-state index in [-0.39, 0.29) is 138 Å². The molecule has 137 heavy (non-hydrogen) atoms. The first-order valence-electron chi connectivity index (χ1n) is 45.2. The highest BCUT2D eigenvalue weighted by Crippen LogP contribution is 2.30. The number of ketones is 2. The molecule has 2 saturated heterocycles. The van der Waals surface area contributed by atoms with Crippen molar-refractivity contribution in [3.8, 4) is 0 Å². The van der Waals surface area contributed by atoms with Gasteiger partial charge in [-0.2, -0.15) is 44.9 Å². The molecule has 13 atom stereocenters. The number of fused-ring (bicyclic) bond motifs is 8. The number of rotatable bonds is 23. The highest BCUT2D eigenvalue weighted by Gasteiger charge is 2.43. The van der Waals surface area contributed by atoms with Crippen LogP contribution in [0, 0.1) is 23.7 Å². The zero-order valence-corrected chi connectivity index (χ0v) is 79.9. The molecule has 43 nitrogen and oxygen atoms in total. The second kappa shape index (κ2) is 54.1. The van der Waals surface area contributed by atoms with Gasteiger partial charge >= 0.3 is 30.0 Å². The Kier molecular flexibility index (Phi) is 43.5. The van der Waals surface area contributed by atoms with E-state index in [9.17, 15) is 92.7 Å². The number of H-pyrrole nitrogens is 2. The summed E-state index contributed by atoms with van der Waals surface area (Å²) in [6.45, 7) is 9.02. The lowest BCUT2D eigenvalue weighted by atomic mass is 9.92. The number of thioether (sulfide) groups is 3. The average Bonchev–Trinajstić information content (AvgIpc) is 1.67. The number of carbonyl (C=O) groups excluding carboxylic acids is 16. The molecule has 2 aromatic heterocycles. The van der Waals surface area contributed by atoms with Gasteiger partial charge in [0.05, 0.1) is 57.2 Å². The zero-order chi connectivity index (χ0) is 100. The maximum Gasteiger partial charge on any atom is 0.373 e. The van der Waals surface area contributed by atoms with E-state index in [4.69, 9.17) is 15.3 Å². The number of para-hydroxylation sites is 2. The second-order valence-corrected chi connectivity index (χ2v) is 38.2. The number of nitrogens with two attached hydrogens (primary N) is 1. The number of aromatic nitrogens is 2. The Bertz CT molecular complexity index is 5150. The standard InChI is InChI=1S/C90H124N18O23S3.CO2/c1-8-56-33-71(111)80(52(7)109)103-83(124)59(34-70(110)51(6)95-73(113)39-104-20-22-105(40-75(116)117)24-26-107(42-77(120)121)27-25-106(23-21-104)41-76(118)119)46-132-43-53-28-54-30-55(29-53)45-134-48-68(100-82(56)123)87(128)97-65(32-58-37-93-63-17-12-10-15-61(58)63)86(127)101-78(49(2)3)89(130)98-66(35-74(114)115)84(125)94-38-72(112)96-64(31-57-36-92-62-16-11-9-14-60(57)62)85(126)102-79(50(4)5)90(131)108-19-13-18-69(108)88(129)99-67(81(91)122)47-133-44-54;2-1-3/h9-12,14-17,28-30,36-37,49-52,56,59,64-69,78-80,92-93,109H,8,13,18-27,31-35,38-48H2,1-7H3,(H2,91,122)(H,94,125)(H,95,113)(H,96,112)(H,97,128)(H,98,130)(H,99,129)(H,100,123)(H,101,127)(H,102,126)(H,103,124)(H,114,115)(H,116,117)(H,118,119)(H,120,121);/t51-,52+,56+,59-,64-,65-,66-,67-,68-,69-,78-,79-,80-;/m0./s1. The van der Waals surface area contributed by atoms with Gasteiger partial charge in [-0.05, 0) is 84.9 Å². The van der Waals surface area contributed by atoms with E-state index in [2.05, 4.69) is 63.1 Å². The molecule has 4 bridgehead atoms. The highest BCUT2D eigenvalue weighted by molar-refractivity contribution is 7.99. The van der Waals surface area contributed by atoms with Crippen LogP contribution in [0.3, 0.4) is 0 Å². The van der Waals surface area contributed by atoms with Crippen molar-refractivity contribution < 1.29 is 121 Å². The number of carboxylic acids is 4. The average molecular weight is 1970 g/mol. The first-order valence-corrected chi connectivity index (χ1v) is 48.6. The van der Waals surface area contributed by atoms with Crippen molar-refractivity contribution in [2.45, 2.75) is 184 Å². The monoisotopic (exact) mass is 1960 g/mol. The van der Waals surface area contributed by atoms with Crippen molar-refractivity contribution >= 4 is 170 Å². The summed E-state index contributed by atoms with van der Waals surface area (Å²) < 4.78 is 0. The van der Waals surface area contributed by atoms with Crippen molar-refractivity contribution in [3.05, 3.63) is 107 Å². The van der Waals surface area contributed by atoms with Crippen molar-refractivity contribution in [1.29, 1.82) is 0 Å². The number of hydrogen-bond donors (Lipinski definition) is 18. The molecule has 6 heterocycles. The van der Waals surface area contributed by atoms with Crippen molar-refractivity contribution in [3.63, 3.8) is 0 Å². The molecule has 0 aliphatic carbocycles. The molecule has 19 N–H and O–H groups in total. The Morgan fingerprint density at radius 3 is 1.44 bits per heavy atom. The molecule has 0 radical (unpaired) electrons. The van der Waals surface area contributed by atoms with Crippen LogP contribution >= 0.6 is 35.3 Å².